The molecule has 114 valence electrons. The number of alkyl halides is 3. The van der Waals surface area contributed by atoms with Crippen LogP contribution in [0.2, 0.25) is 0 Å². The van der Waals surface area contributed by atoms with Crippen molar-refractivity contribution in [2.75, 3.05) is 30.8 Å². The number of nitrogens with one attached hydrogen (secondary N) is 1. The number of ether oxygens (including phenoxy) is 1. The van der Waals surface area contributed by atoms with Gasteiger partial charge in [0.1, 0.15) is 24.1 Å². The Morgan fingerprint density at radius 2 is 1.90 bits per heavy atom. The highest BCUT2D eigenvalue weighted by Gasteiger charge is 2.27. The Morgan fingerprint density at radius 3 is 2.45 bits per heavy atom. The highest BCUT2D eigenvalue weighted by molar-refractivity contribution is 5.45. The van der Waals surface area contributed by atoms with Crippen molar-refractivity contribution in [1.82, 2.24) is 9.97 Å². The van der Waals surface area contributed by atoms with Crippen LogP contribution < -0.4 is 11.1 Å². The zero-order valence-electron chi connectivity index (χ0n) is 11.7. The number of nitrogen functional groups attached to an aromatic ring is 1. The second kappa shape index (κ2) is 6.25. The SMILES string of the molecule is CC(C)(C)c1nc(N)cc(NCCOCC(F)(F)F)n1. The van der Waals surface area contributed by atoms with Gasteiger partial charge in [0, 0.05) is 18.0 Å². The van der Waals surface area contributed by atoms with Gasteiger partial charge in [0.15, 0.2) is 0 Å². The minimum absolute atomic E-state index is 0.0751. The summed E-state index contributed by atoms with van der Waals surface area (Å²) in [7, 11) is 0. The van der Waals surface area contributed by atoms with Crippen LogP contribution in [-0.2, 0) is 10.2 Å². The molecule has 0 bridgehead atoms. The number of hydrogen-bond donors (Lipinski definition) is 2. The van der Waals surface area contributed by atoms with Gasteiger partial charge in [-0.05, 0) is 0 Å². The first-order valence-electron chi connectivity index (χ1n) is 6.11. The summed E-state index contributed by atoms with van der Waals surface area (Å²) in [5.41, 5.74) is 5.41. The lowest BCUT2D eigenvalue weighted by molar-refractivity contribution is -0.172. The molecule has 0 spiro atoms. The lowest BCUT2D eigenvalue weighted by Crippen LogP contribution is -2.21. The standard InChI is InChI=1S/C12H19F3N4O/c1-11(2,3)10-18-8(16)6-9(19-10)17-4-5-20-7-12(13,14)15/h6H,4-5,7H2,1-3H3,(H3,16,17,18,19). The van der Waals surface area contributed by atoms with Crippen molar-refractivity contribution in [3.63, 3.8) is 0 Å². The summed E-state index contributed by atoms with van der Waals surface area (Å²) in [5.74, 6) is 1.35. The van der Waals surface area contributed by atoms with Gasteiger partial charge in [-0.25, -0.2) is 9.97 Å². The van der Waals surface area contributed by atoms with E-state index >= 15 is 0 Å². The number of aromatic nitrogens is 2. The van der Waals surface area contributed by atoms with Crippen LogP contribution in [-0.4, -0.2) is 35.9 Å². The average molecular weight is 292 g/mol. The molecule has 1 aromatic rings. The maximum atomic E-state index is 11.9. The van der Waals surface area contributed by atoms with Crippen molar-refractivity contribution >= 4 is 11.6 Å². The molecule has 0 radical (unpaired) electrons. The molecule has 0 saturated carbocycles. The van der Waals surface area contributed by atoms with Crippen molar-refractivity contribution in [1.29, 1.82) is 0 Å². The Bertz CT molecular complexity index is 443. The zero-order chi connectivity index (χ0) is 15.4. The molecule has 0 aliphatic rings. The molecule has 3 N–H and O–H groups in total. The van der Waals surface area contributed by atoms with Crippen LogP contribution in [0.15, 0.2) is 6.07 Å². The molecule has 0 aliphatic heterocycles. The first-order chi connectivity index (χ1) is 9.08. The smallest absolute Gasteiger partial charge is 0.384 e. The van der Waals surface area contributed by atoms with Crippen molar-refractivity contribution in [3.05, 3.63) is 11.9 Å². The van der Waals surface area contributed by atoms with E-state index in [1.54, 1.807) is 0 Å². The van der Waals surface area contributed by atoms with Gasteiger partial charge in [-0.2, -0.15) is 13.2 Å². The summed E-state index contributed by atoms with van der Waals surface area (Å²) in [6, 6.07) is 1.53. The normalized spacial score (nSPS) is 12.5. The largest absolute Gasteiger partial charge is 0.411 e. The maximum absolute atomic E-state index is 11.9. The summed E-state index contributed by atoms with van der Waals surface area (Å²) in [6.07, 6.45) is -4.31. The van der Waals surface area contributed by atoms with E-state index in [9.17, 15) is 13.2 Å². The van der Waals surface area contributed by atoms with Crippen molar-refractivity contribution in [2.24, 2.45) is 0 Å². The number of nitrogens with zero attached hydrogens (tertiary/aromatic N) is 2. The number of nitrogens with two attached hydrogens (primary N) is 1. The summed E-state index contributed by atoms with van der Waals surface area (Å²) in [6.45, 7) is 4.70. The Morgan fingerprint density at radius 1 is 1.25 bits per heavy atom. The van der Waals surface area contributed by atoms with Crippen molar-refractivity contribution in [3.8, 4) is 0 Å². The van der Waals surface area contributed by atoms with Gasteiger partial charge >= 0.3 is 6.18 Å². The third-order valence-electron chi connectivity index (χ3n) is 2.24. The van der Waals surface area contributed by atoms with Gasteiger partial charge in [0.2, 0.25) is 0 Å². The number of halogens is 3. The summed E-state index contributed by atoms with van der Waals surface area (Å²) < 4.78 is 40.1. The molecule has 0 unspecified atom stereocenters. The highest BCUT2D eigenvalue weighted by atomic mass is 19.4. The fraction of sp³-hybridized carbons (Fsp3) is 0.667. The Kier molecular flexibility index (Phi) is 5.15. The number of anilines is 2. The van der Waals surface area contributed by atoms with E-state index in [-0.39, 0.29) is 18.6 Å². The van der Waals surface area contributed by atoms with E-state index in [0.717, 1.165) is 0 Å². The monoisotopic (exact) mass is 292 g/mol. The fourth-order valence-corrected chi connectivity index (χ4v) is 1.33. The highest BCUT2D eigenvalue weighted by Crippen LogP contribution is 2.21. The molecule has 1 rings (SSSR count). The van der Waals surface area contributed by atoms with Gasteiger partial charge in [-0.3, -0.25) is 0 Å². The molecule has 0 atom stereocenters. The topological polar surface area (TPSA) is 73.1 Å². The van der Waals surface area contributed by atoms with Gasteiger partial charge < -0.3 is 15.8 Å². The first kappa shape index (κ1) is 16.5. The van der Waals surface area contributed by atoms with Crippen LogP contribution in [0.4, 0.5) is 24.8 Å². The van der Waals surface area contributed by atoms with Crippen molar-refractivity contribution in [2.45, 2.75) is 32.4 Å². The van der Waals surface area contributed by atoms with Gasteiger partial charge in [-0.1, -0.05) is 20.8 Å². The molecule has 0 aromatic carbocycles. The predicted molar refractivity (Wildman–Crippen MR) is 70.5 cm³/mol. The van der Waals surface area contributed by atoms with Gasteiger partial charge in [-0.15, -0.1) is 0 Å². The van der Waals surface area contributed by atoms with Gasteiger partial charge in [0.05, 0.1) is 6.61 Å². The van der Waals surface area contributed by atoms with Crippen LogP contribution >= 0.6 is 0 Å². The molecule has 5 nitrogen and oxygen atoms in total. The third-order valence-corrected chi connectivity index (χ3v) is 2.24. The van der Waals surface area contributed by atoms with E-state index < -0.39 is 12.8 Å². The maximum Gasteiger partial charge on any atom is 0.411 e. The lowest BCUT2D eigenvalue weighted by atomic mass is 9.96. The molecular weight excluding hydrogens is 273 g/mol. The van der Waals surface area contributed by atoms with E-state index in [4.69, 9.17) is 5.73 Å². The zero-order valence-corrected chi connectivity index (χ0v) is 11.7. The Labute approximate surface area is 115 Å². The van der Waals surface area contributed by atoms with Crippen molar-refractivity contribution < 1.29 is 17.9 Å². The molecule has 1 heterocycles. The molecule has 8 heteroatoms. The fourth-order valence-electron chi connectivity index (χ4n) is 1.33. The summed E-state index contributed by atoms with van der Waals surface area (Å²) in [4.78, 5) is 8.40. The molecule has 0 fully saturated rings. The molecule has 20 heavy (non-hydrogen) atoms. The van der Waals surface area contributed by atoms with Crippen LogP contribution in [0.1, 0.15) is 26.6 Å². The molecule has 0 saturated heterocycles. The Hall–Kier alpha value is -1.57. The summed E-state index contributed by atoms with van der Waals surface area (Å²) >= 11 is 0. The second-order valence-electron chi connectivity index (χ2n) is 5.35. The predicted octanol–water partition coefficient (Wildman–Crippen LogP) is 2.35. The minimum atomic E-state index is -4.31. The van der Waals surface area contributed by atoms with Crippen LogP contribution in [0, 0.1) is 0 Å². The average Bonchev–Trinajstić information content (AvgIpc) is 2.25. The molecule has 1 aromatic heterocycles. The molecular formula is C12H19F3N4O. The minimum Gasteiger partial charge on any atom is -0.384 e. The van der Waals surface area contributed by atoms with E-state index in [1.165, 1.54) is 6.07 Å². The van der Waals surface area contributed by atoms with Crippen LogP contribution in [0.3, 0.4) is 0 Å². The molecule has 0 amide bonds. The van der Waals surface area contributed by atoms with E-state index in [1.807, 2.05) is 20.8 Å². The number of hydrogen-bond acceptors (Lipinski definition) is 5. The quantitative estimate of drug-likeness (QED) is 0.815. The second-order valence-corrected chi connectivity index (χ2v) is 5.35. The summed E-state index contributed by atoms with van der Waals surface area (Å²) in [5, 5.41) is 2.86. The van der Waals surface area contributed by atoms with Crippen LogP contribution in [0.5, 0.6) is 0 Å². The molecule has 0 aliphatic carbocycles. The van der Waals surface area contributed by atoms with Gasteiger partial charge in [0.25, 0.3) is 0 Å². The van der Waals surface area contributed by atoms with E-state index in [0.29, 0.717) is 17.5 Å². The third kappa shape index (κ3) is 6.05. The van der Waals surface area contributed by atoms with Crippen LogP contribution in [0.25, 0.3) is 0 Å². The lowest BCUT2D eigenvalue weighted by Gasteiger charge is -2.18. The Balaban J connectivity index is 2.50. The van der Waals surface area contributed by atoms with E-state index in [2.05, 4.69) is 20.0 Å². The number of rotatable bonds is 5. The first-order valence-corrected chi connectivity index (χ1v) is 6.11.